The standard InChI is InChI=1S/C22H28N2O4S2/c1-28-19-9-3-2-8-18(19)22(12-13-22)21(25)23-14-11-17-7-4-5-15-24(17)30(26,27)20-10-6-16-29-20/h2-3,6,8-10,16-17H,4-5,7,11-15H2,1H3,(H,23,25). The molecule has 2 aromatic rings. The first-order chi connectivity index (χ1) is 14.5. The van der Waals surface area contributed by atoms with Crippen molar-refractivity contribution in [1.29, 1.82) is 0 Å². The van der Waals surface area contributed by atoms with Gasteiger partial charge in [-0.2, -0.15) is 4.31 Å². The molecule has 1 aliphatic carbocycles. The van der Waals surface area contributed by atoms with Crippen molar-refractivity contribution in [2.45, 2.75) is 54.2 Å². The van der Waals surface area contributed by atoms with Gasteiger partial charge >= 0.3 is 0 Å². The Kier molecular flexibility index (Phi) is 6.18. The molecule has 2 fully saturated rings. The molecule has 162 valence electrons. The predicted molar refractivity (Wildman–Crippen MR) is 117 cm³/mol. The van der Waals surface area contributed by atoms with Crippen LogP contribution >= 0.6 is 11.3 Å². The number of carbonyl (C=O) groups excluding carboxylic acids is 1. The van der Waals surface area contributed by atoms with Gasteiger partial charge in [0.25, 0.3) is 10.0 Å². The van der Waals surface area contributed by atoms with Crippen molar-refractivity contribution in [2.75, 3.05) is 20.2 Å². The Balaban J connectivity index is 1.40. The molecule has 30 heavy (non-hydrogen) atoms. The van der Waals surface area contributed by atoms with Crippen molar-refractivity contribution in [3.8, 4) is 5.75 Å². The second kappa shape index (κ2) is 8.69. The van der Waals surface area contributed by atoms with Crippen LogP contribution < -0.4 is 10.1 Å². The van der Waals surface area contributed by atoms with E-state index < -0.39 is 15.4 Å². The normalized spacial score (nSPS) is 21.2. The van der Waals surface area contributed by atoms with Gasteiger partial charge in [-0.25, -0.2) is 8.42 Å². The number of benzene rings is 1. The van der Waals surface area contributed by atoms with Gasteiger partial charge in [0, 0.05) is 24.7 Å². The molecule has 0 radical (unpaired) electrons. The summed E-state index contributed by atoms with van der Waals surface area (Å²) < 4.78 is 33.5. The van der Waals surface area contributed by atoms with Gasteiger partial charge in [0.05, 0.1) is 12.5 Å². The van der Waals surface area contributed by atoms with Crippen LogP contribution in [-0.4, -0.2) is 44.9 Å². The third-order valence-corrected chi connectivity index (χ3v) is 9.53. The molecular formula is C22H28N2O4S2. The summed E-state index contributed by atoms with van der Waals surface area (Å²) in [5, 5.41) is 4.87. The largest absolute Gasteiger partial charge is 0.496 e. The maximum absolute atomic E-state index is 13.0. The number of sulfonamides is 1. The lowest BCUT2D eigenvalue weighted by Crippen LogP contribution is -2.45. The highest BCUT2D eigenvalue weighted by molar-refractivity contribution is 7.91. The molecule has 6 nitrogen and oxygen atoms in total. The predicted octanol–water partition coefficient (Wildman–Crippen LogP) is 3.54. The molecule has 1 N–H and O–H groups in total. The molecule has 4 rings (SSSR count). The summed E-state index contributed by atoms with van der Waals surface area (Å²) >= 11 is 1.26. The molecule has 2 heterocycles. The molecule has 1 aliphatic heterocycles. The fourth-order valence-corrected chi connectivity index (χ4v) is 7.25. The molecule has 8 heteroatoms. The second-order valence-electron chi connectivity index (χ2n) is 8.02. The summed E-state index contributed by atoms with van der Waals surface area (Å²) in [5.41, 5.74) is 0.423. The van der Waals surface area contributed by atoms with Gasteiger partial charge in [-0.1, -0.05) is 30.7 Å². The molecule has 1 amide bonds. The number of thiophene rings is 1. The number of ether oxygens (including phenoxy) is 1. The third kappa shape index (κ3) is 4.00. The number of para-hydroxylation sites is 1. The van der Waals surface area contributed by atoms with Crippen LogP contribution in [0.1, 0.15) is 44.1 Å². The topological polar surface area (TPSA) is 75.7 Å². The van der Waals surface area contributed by atoms with Gasteiger partial charge in [-0.3, -0.25) is 4.79 Å². The first-order valence-electron chi connectivity index (χ1n) is 10.5. The highest BCUT2D eigenvalue weighted by Crippen LogP contribution is 2.51. The average molecular weight is 449 g/mol. The lowest BCUT2D eigenvalue weighted by atomic mass is 9.93. The van der Waals surface area contributed by atoms with E-state index in [0.717, 1.165) is 43.4 Å². The molecule has 1 unspecified atom stereocenters. The molecule has 1 atom stereocenters. The van der Waals surface area contributed by atoms with Crippen molar-refractivity contribution in [2.24, 2.45) is 0 Å². The minimum atomic E-state index is -3.46. The minimum Gasteiger partial charge on any atom is -0.496 e. The van der Waals surface area contributed by atoms with Gasteiger partial charge < -0.3 is 10.1 Å². The summed E-state index contributed by atoms with van der Waals surface area (Å²) in [6.45, 7) is 1.01. The zero-order valence-electron chi connectivity index (χ0n) is 17.2. The van der Waals surface area contributed by atoms with Crippen molar-refractivity contribution in [3.05, 3.63) is 47.3 Å². The summed E-state index contributed by atoms with van der Waals surface area (Å²) in [6.07, 6.45) is 4.96. The monoisotopic (exact) mass is 448 g/mol. The van der Waals surface area contributed by atoms with E-state index in [4.69, 9.17) is 4.74 Å². The van der Waals surface area contributed by atoms with E-state index in [1.807, 2.05) is 24.3 Å². The third-order valence-electron chi connectivity index (χ3n) is 6.20. The first-order valence-corrected chi connectivity index (χ1v) is 12.8. The number of hydrogen-bond donors (Lipinski definition) is 1. The van der Waals surface area contributed by atoms with Gasteiger partial charge in [0.1, 0.15) is 9.96 Å². The van der Waals surface area contributed by atoms with Gasteiger partial charge in [0.15, 0.2) is 0 Å². The highest BCUT2D eigenvalue weighted by Gasteiger charge is 2.52. The first kappa shape index (κ1) is 21.3. The van der Waals surface area contributed by atoms with Gasteiger partial charge in [-0.15, -0.1) is 11.3 Å². The number of hydrogen-bond acceptors (Lipinski definition) is 5. The molecule has 0 bridgehead atoms. The Morgan fingerprint density at radius 2 is 2.03 bits per heavy atom. The van der Waals surface area contributed by atoms with Crippen LogP contribution in [0.2, 0.25) is 0 Å². The van der Waals surface area contributed by atoms with E-state index in [1.54, 1.807) is 28.9 Å². The van der Waals surface area contributed by atoms with Crippen LogP contribution in [-0.2, 0) is 20.2 Å². The summed E-state index contributed by atoms with van der Waals surface area (Å²) in [7, 11) is -1.84. The quantitative estimate of drug-likeness (QED) is 0.670. The second-order valence-corrected chi connectivity index (χ2v) is 11.1. The summed E-state index contributed by atoms with van der Waals surface area (Å²) in [6, 6.07) is 11.0. The van der Waals surface area contributed by atoms with Gasteiger partial charge in [0.2, 0.25) is 5.91 Å². The summed E-state index contributed by atoms with van der Waals surface area (Å²) in [5.74, 6) is 0.751. The van der Waals surface area contributed by atoms with Crippen LogP contribution in [0.5, 0.6) is 5.75 Å². The van der Waals surface area contributed by atoms with E-state index in [2.05, 4.69) is 5.32 Å². The zero-order valence-corrected chi connectivity index (χ0v) is 18.8. The summed E-state index contributed by atoms with van der Waals surface area (Å²) in [4.78, 5) is 13.0. The van der Waals surface area contributed by atoms with E-state index in [-0.39, 0.29) is 11.9 Å². The fourth-order valence-electron chi connectivity index (χ4n) is 4.41. The molecule has 0 spiro atoms. The van der Waals surface area contributed by atoms with E-state index in [1.165, 1.54) is 11.3 Å². The van der Waals surface area contributed by atoms with Crippen LogP contribution in [0.25, 0.3) is 0 Å². The molecule has 2 aliphatic rings. The Morgan fingerprint density at radius 1 is 1.23 bits per heavy atom. The Morgan fingerprint density at radius 3 is 2.73 bits per heavy atom. The number of carbonyl (C=O) groups is 1. The van der Waals surface area contributed by atoms with Gasteiger partial charge in [-0.05, 0) is 49.6 Å². The van der Waals surface area contributed by atoms with E-state index in [0.29, 0.717) is 23.7 Å². The number of piperidine rings is 1. The Labute approximate surface area is 182 Å². The van der Waals surface area contributed by atoms with E-state index >= 15 is 0 Å². The maximum atomic E-state index is 13.0. The van der Waals surface area contributed by atoms with Crippen LogP contribution in [0.15, 0.2) is 46.0 Å². The van der Waals surface area contributed by atoms with Crippen molar-refractivity contribution in [1.82, 2.24) is 9.62 Å². The fraction of sp³-hybridized carbons (Fsp3) is 0.500. The Bertz CT molecular complexity index is 984. The average Bonchev–Trinajstić information content (AvgIpc) is 3.38. The number of rotatable bonds is 8. The number of nitrogens with one attached hydrogen (secondary N) is 1. The smallest absolute Gasteiger partial charge is 0.252 e. The Hall–Kier alpha value is -1.90. The van der Waals surface area contributed by atoms with Crippen molar-refractivity contribution in [3.63, 3.8) is 0 Å². The molecular weight excluding hydrogens is 420 g/mol. The number of nitrogens with zero attached hydrogens (tertiary/aromatic N) is 1. The molecule has 1 aromatic heterocycles. The van der Waals surface area contributed by atoms with Crippen molar-refractivity contribution < 1.29 is 17.9 Å². The van der Waals surface area contributed by atoms with E-state index in [9.17, 15) is 13.2 Å². The number of amides is 1. The maximum Gasteiger partial charge on any atom is 0.252 e. The molecule has 1 saturated heterocycles. The minimum absolute atomic E-state index is 0.00970. The number of methoxy groups -OCH3 is 1. The SMILES string of the molecule is COc1ccccc1C1(C(=O)NCCC2CCCCN2S(=O)(=O)c2cccs2)CC1. The highest BCUT2D eigenvalue weighted by atomic mass is 32.2. The zero-order chi connectivity index (χ0) is 21.2. The lowest BCUT2D eigenvalue weighted by molar-refractivity contribution is -0.123. The molecule has 1 aromatic carbocycles. The lowest BCUT2D eigenvalue weighted by Gasteiger charge is -2.34. The molecule has 1 saturated carbocycles. The van der Waals surface area contributed by atoms with Crippen LogP contribution in [0.3, 0.4) is 0 Å². The van der Waals surface area contributed by atoms with Crippen LogP contribution in [0.4, 0.5) is 0 Å². The van der Waals surface area contributed by atoms with Crippen LogP contribution in [0, 0.1) is 0 Å². The van der Waals surface area contributed by atoms with Crippen molar-refractivity contribution >= 4 is 27.3 Å².